The Morgan fingerprint density at radius 1 is 1.21 bits per heavy atom. The first-order valence-electron chi connectivity index (χ1n) is 8.36. The zero-order valence-corrected chi connectivity index (χ0v) is 14.4. The van der Waals surface area contributed by atoms with Gasteiger partial charge in [0.2, 0.25) is 0 Å². The van der Waals surface area contributed by atoms with Crippen molar-refractivity contribution in [2.45, 2.75) is 39.0 Å². The van der Waals surface area contributed by atoms with Crippen molar-refractivity contribution in [3.63, 3.8) is 0 Å². The summed E-state index contributed by atoms with van der Waals surface area (Å²) in [5, 5.41) is 2.87. The van der Waals surface area contributed by atoms with Crippen LogP contribution in [0.5, 0.6) is 11.5 Å². The molecular formula is C19H25NO4. The Bertz CT molecular complexity index is 622. The second-order valence-corrected chi connectivity index (χ2v) is 5.92. The van der Waals surface area contributed by atoms with E-state index in [1.165, 1.54) is 32.4 Å². The molecule has 5 heteroatoms. The van der Waals surface area contributed by atoms with Gasteiger partial charge in [-0.2, -0.15) is 0 Å². The van der Waals surface area contributed by atoms with E-state index in [1.807, 2.05) is 0 Å². The van der Waals surface area contributed by atoms with Gasteiger partial charge in [-0.15, -0.1) is 0 Å². The maximum absolute atomic E-state index is 11.9. The van der Waals surface area contributed by atoms with Crippen LogP contribution in [0.2, 0.25) is 0 Å². The average molecular weight is 331 g/mol. The molecule has 0 aromatic heterocycles. The fraction of sp³-hybridized carbons (Fsp3) is 0.474. The molecule has 0 unspecified atom stereocenters. The summed E-state index contributed by atoms with van der Waals surface area (Å²) in [5.74, 6) is 0.689. The first-order valence-corrected chi connectivity index (χ1v) is 8.36. The highest BCUT2D eigenvalue weighted by Crippen LogP contribution is 2.28. The Hall–Kier alpha value is -2.30. The topological polar surface area (TPSA) is 64.6 Å². The van der Waals surface area contributed by atoms with Gasteiger partial charge in [-0.3, -0.25) is 9.59 Å². The van der Waals surface area contributed by atoms with Crippen molar-refractivity contribution in [3.05, 3.63) is 35.4 Å². The van der Waals surface area contributed by atoms with Gasteiger partial charge in [-0.25, -0.2) is 0 Å². The van der Waals surface area contributed by atoms with Crippen molar-refractivity contribution >= 4 is 11.7 Å². The molecule has 0 aliphatic heterocycles. The van der Waals surface area contributed by atoms with Crippen LogP contribution in [-0.2, 0) is 4.79 Å². The van der Waals surface area contributed by atoms with Crippen LogP contribution in [0.4, 0.5) is 0 Å². The summed E-state index contributed by atoms with van der Waals surface area (Å²) in [6.07, 6.45) is 8.01. The number of Topliss-reactive ketones (excluding diaryl/α,β-unsaturated/α-hetero) is 1. The van der Waals surface area contributed by atoms with Gasteiger partial charge in [0.05, 0.1) is 7.11 Å². The molecule has 0 atom stereocenters. The standard InChI is InChI=1S/C19H25NO4/c1-14(21)16-8-9-17(18(12-16)23-2)24-13-19(22)20-11-10-15-6-4-3-5-7-15/h6,8-9,12H,3-5,7,10-11,13H2,1-2H3,(H,20,22). The predicted molar refractivity (Wildman–Crippen MR) is 92.7 cm³/mol. The third-order valence-electron chi connectivity index (χ3n) is 4.08. The second kappa shape index (κ2) is 9.11. The third-order valence-corrected chi connectivity index (χ3v) is 4.08. The molecule has 5 nitrogen and oxygen atoms in total. The molecule has 0 saturated carbocycles. The lowest BCUT2D eigenvalue weighted by molar-refractivity contribution is -0.123. The molecule has 0 fully saturated rings. The number of ketones is 1. The minimum absolute atomic E-state index is 0.0467. The van der Waals surface area contributed by atoms with Crippen molar-refractivity contribution < 1.29 is 19.1 Å². The summed E-state index contributed by atoms with van der Waals surface area (Å²) >= 11 is 0. The molecule has 0 bridgehead atoms. The lowest BCUT2D eigenvalue weighted by atomic mass is 9.97. The molecule has 1 amide bonds. The Kier molecular flexibility index (Phi) is 6.85. The van der Waals surface area contributed by atoms with Crippen LogP contribution in [0.1, 0.15) is 49.4 Å². The van der Waals surface area contributed by atoms with Crippen molar-refractivity contribution in [2.75, 3.05) is 20.3 Å². The van der Waals surface area contributed by atoms with Gasteiger partial charge in [0.15, 0.2) is 23.9 Å². The number of carbonyl (C=O) groups excluding carboxylic acids is 2. The summed E-state index contributed by atoms with van der Waals surface area (Å²) in [5.41, 5.74) is 1.98. The summed E-state index contributed by atoms with van der Waals surface area (Å²) in [6.45, 7) is 2.05. The molecule has 2 rings (SSSR count). The van der Waals surface area contributed by atoms with Crippen LogP contribution in [0.3, 0.4) is 0 Å². The molecule has 0 heterocycles. The summed E-state index contributed by atoms with van der Waals surface area (Å²) in [7, 11) is 1.50. The third kappa shape index (κ3) is 5.41. The van der Waals surface area contributed by atoms with Crippen LogP contribution in [0.25, 0.3) is 0 Å². The first-order chi connectivity index (χ1) is 11.6. The second-order valence-electron chi connectivity index (χ2n) is 5.92. The van der Waals surface area contributed by atoms with Crippen molar-refractivity contribution in [1.82, 2.24) is 5.32 Å². The highest BCUT2D eigenvalue weighted by Gasteiger charge is 2.10. The molecule has 1 aliphatic carbocycles. The number of amides is 1. The van der Waals surface area contributed by atoms with E-state index in [0.717, 1.165) is 19.3 Å². The van der Waals surface area contributed by atoms with E-state index in [4.69, 9.17) is 9.47 Å². The quantitative estimate of drug-likeness (QED) is 0.586. The largest absolute Gasteiger partial charge is 0.493 e. The highest BCUT2D eigenvalue weighted by molar-refractivity contribution is 5.94. The van der Waals surface area contributed by atoms with Crippen molar-refractivity contribution in [1.29, 1.82) is 0 Å². The van der Waals surface area contributed by atoms with E-state index in [9.17, 15) is 9.59 Å². The van der Waals surface area contributed by atoms with E-state index < -0.39 is 0 Å². The Morgan fingerprint density at radius 2 is 2.04 bits per heavy atom. The van der Waals surface area contributed by atoms with Gasteiger partial charge in [-0.05, 0) is 57.2 Å². The molecule has 130 valence electrons. The van der Waals surface area contributed by atoms with Crippen LogP contribution < -0.4 is 14.8 Å². The summed E-state index contributed by atoms with van der Waals surface area (Å²) < 4.78 is 10.7. The average Bonchev–Trinajstić information content (AvgIpc) is 2.60. The molecule has 0 saturated heterocycles. The van der Waals surface area contributed by atoms with Gasteiger partial charge in [0.25, 0.3) is 5.91 Å². The highest BCUT2D eigenvalue weighted by atomic mass is 16.5. The maximum Gasteiger partial charge on any atom is 0.257 e. The number of carbonyl (C=O) groups is 2. The van der Waals surface area contributed by atoms with Crippen LogP contribution in [0.15, 0.2) is 29.8 Å². The number of allylic oxidation sites excluding steroid dienone is 1. The minimum Gasteiger partial charge on any atom is -0.493 e. The van der Waals surface area contributed by atoms with E-state index in [-0.39, 0.29) is 18.3 Å². The van der Waals surface area contributed by atoms with Crippen molar-refractivity contribution in [2.24, 2.45) is 0 Å². The zero-order valence-electron chi connectivity index (χ0n) is 14.4. The molecule has 0 spiro atoms. The molecule has 24 heavy (non-hydrogen) atoms. The predicted octanol–water partition coefficient (Wildman–Crippen LogP) is 3.28. The number of hydrogen-bond donors (Lipinski definition) is 1. The molecule has 1 N–H and O–H groups in total. The molecule has 0 radical (unpaired) electrons. The SMILES string of the molecule is COc1cc(C(C)=O)ccc1OCC(=O)NCCC1=CCCCC1. The van der Waals surface area contributed by atoms with E-state index in [2.05, 4.69) is 11.4 Å². The fourth-order valence-corrected chi connectivity index (χ4v) is 2.69. The summed E-state index contributed by atoms with van der Waals surface area (Å²) in [4.78, 5) is 23.3. The number of rotatable bonds is 8. The number of methoxy groups -OCH3 is 1. The molecule has 1 aromatic rings. The Morgan fingerprint density at radius 3 is 2.71 bits per heavy atom. The first kappa shape index (κ1) is 18.0. The minimum atomic E-state index is -0.163. The molecule has 1 aromatic carbocycles. The van der Waals surface area contributed by atoms with Crippen LogP contribution in [-0.4, -0.2) is 32.0 Å². The molecule has 1 aliphatic rings. The Balaban J connectivity index is 1.78. The zero-order chi connectivity index (χ0) is 17.4. The lowest BCUT2D eigenvalue weighted by Crippen LogP contribution is -2.30. The van der Waals surface area contributed by atoms with E-state index >= 15 is 0 Å². The van der Waals surface area contributed by atoms with Crippen LogP contribution in [0, 0.1) is 0 Å². The smallest absolute Gasteiger partial charge is 0.257 e. The summed E-state index contributed by atoms with van der Waals surface area (Å²) in [6, 6.07) is 4.93. The van der Waals surface area contributed by atoms with Crippen molar-refractivity contribution in [3.8, 4) is 11.5 Å². The van der Waals surface area contributed by atoms with Gasteiger partial charge in [0, 0.05) is 12.1 Å². The van der Waals surface area contributed by atoms with Gasteiger partial charge < -0.3 is 14.8 Å². The number of hydrogen-bond acceptors (Lipinski definition) is 4. The van der Waals surface area contributed by atoms with Crippen LogP contribution >= 0.6 is 0 Å². The Labute approximate surface area is 143 Å². The van der Waals surface area contributed by atoms with Gasteiger partial charge in [0.1, 0.15) is 0 Å². The number of ether oxygens (including phenoxy) is 2. The number of benzene rings is 1. The van der Waals surface area contributed by atoms with E-state index in [1.54, 1.807) is 18.2 Å². The monoisotopic (exact) mass is 331 g/mol. The van der Waals surface area contributed by atoms with Gasteiger partial charge in [-0.1, -0.05) is 11.6 Å². The van der Waals surface area contributed by atoms with Gasteiger partial charge >= 0.3 is 0 Å². The fourth-order valence-electron chi connectivity index (χ4n) is 2.69. The van der Waals surface area contributed by atoms with E-state index in [0.29, 0.717) is 23.6 Å². The lowest BCUT2D eigenvalue weighted by Gasteiger charge is -2.14. The number of nitrogens with one attached hydrogen (secondary N) is 1. The maximum atomic E-state index is 11.9. The normalized spacial score (nSPS) is 13.8. The molecular weight excluding hydrogens is 306 g/mol.